The van der Waals surface area contributed by atoms with E-state index in [1.54, 1.807) is 18.2 Å². The lowest BCUT2D eigenvalue weighted by Gasteiger charge is -2.09. The standard InChI is InChI=1S/C17H12F3NO6/c18-17(19,20)27-12-4-1-10(2-5-12)16(23)24-8-15(22)21-11-3-6-13-14(7-11)26-9-25-13/h1-7H,8-9H2,(H,21,22). The third-order valence-electron chi connectivity index (χ3n) is 3.31. The summed E-state index contributed by atoms with van der Waals surface area (Å²) in [4.78, 5) is 23.7. The molecule has 0 aromatic heterocycles. The van der Waals surface area contributed by atoms with Crippen LogP contribution in [-0.4, -0.2) is 31.6 Å². The normalized spacial score (nSPS) is 12.4. The molecule has 10 heteroatoms. The van der Waals surface area contributed by atoms with Gasteiger partial charge in [-0.3, -0.25) is 4.79 Å². The van der Waals surface area contributed by atoms with E-state index >= 15 is 0 Å². The summed E-state index contributed by atoms with van der Waals surface area (Å²) in [6, 6.07) is 8.90. The van der Waals surface area contributed by atoms with E-state index in [9.17, 15) is 22.8 Å². The molecule has 0 aliphatic carbocycles. The Kier molecular flexibility index (Phi) is 5.06. The van der Waals surface area contributed by atoms with Gasteiger partial charge in [0.25, 0.3) is 5.91 Å². The Morgan fingerprint density at radius 1 is 1.04 bits per heavy atom. The Hall–Kier alpha value is -3.43. The highest BCUT2D eigenvalue weighted by atomic mass is 19.4. The molecule has 0 fully saturated rings. The summed E-state index contributed by atoms with van der Waals surface area (Å²) >= 11 is 0. The van der Waals surface area contributed by atoms with Gasteiger partial charge in [-0.15, -0.1) is 13.2 Å². The highest BCUT2D eigenvalue weighted by Gasteiger charge is 2.31. The van der Waals surface area contributed by atoms with Gasteiger partial charge in [-0.2, -0.15) is 0 Å². The van der Waals surface area contributed by atoms with Crippen molar-refractivity contribution in [1.29, 1.82) is 0 Å². The zero-order valence-corrected chi connectivity index (χ0v) is 13.5. The molecule has 0 unspecified atom stereocenters. The van der Waals surface area contributed by atoms with Gasteiger partial charge in [0, 0.05) is 11.8 Å². The molecule has 7 nitrogen and oxygen atoms in total. The van der Waals surface area contributed by atoms with E-state index in [-0.39, 0.29) is 12.4 Å². The van der Waals surface area contributed by atoms with Gasteiger partial charge in [0.15, 0.2) is 18.1 Å². The number of anilines is 1. The fourth-order valence-corrected chi connectivity index (χ4v) is 2.18. The summed E-state index contributed by atoms with van der Waals surface area (Å²) in [5.41, 5.74) is 0.398. The van der Waals surface area contributed by atoms with Crippen LogP contribution in [0.1, 0.15) is 10.4 Å². The lowest BCUT2D eigenvalue weighted by atomic mass is 10.2. The fraction of sp³-hybridized carbons (Fsp3) is 0.176. The van der Waals surface area contributed by atoms with Crippen LogP contribution in [0.4, 0.5) is 18.9 Å². The van der Waals surface area contributed by atoms with Crippen molar-refractivity contribution in [1.82, 2.24) is 0 Å². The van der Waals surface area contributed by atoms with Crippen molar-refractivity contribution in [2.75, 3.05) is 18.7 Å². The number of amides is 1. The number of carbonyl (C=O) groups excluding carboxylic acids is 2. The van der Waals surface area contributed by atoms with Crippen molar-refractivity contribution in [3.63, 3.8) is 0 Å². The van der Waals surface area contributed by atoms with Crippen molar-refractivity contribution in [2.24, 2.45) is 0 Å². The van der Waals surface area contributed by atoms with Crippen LogP contribution in [0.25, 0.3) is 0 Å². The molecular formula is C17H12F3NO6. The van der Waals surface area contributed by atoms with Crippen molar-refractivity contribution < 1.29 is 41.7 Å². The Morgan fingerprint density at radius 3 is 2.44 bits per heavy atom. The first-order valence-corrected chi connectivity index (χ1v) is 7.52. The van der Waals surface area contributed by atoms with E-state index in [2.05, 4.69) is 10.1 Å². The number of benzene rings is 2. The number of nitrogens with one attached hydrogen (secondary N) is 1. The second-order valence-electron chi connectivity index (χ2n) is 5.26. The molecule has 1 N–H and O–H groups in total. The molecule has 3 rings (SSSR count). The van der Waals surface area contributed by atoms with Crippen molar-refractivity contribution in [3.05, 3.63) is 48.0 Å². The molecule has 0 saturated carbocycles. The zero-order valence-electron chi connectivity index (χ0n) is 13.5. The van der Waals surface area contributed by atoms with E-state index < -0.39 is 30.6 Å². The summed E-state index contributed by atoms with van der Waals surface area (Å²) in [5.74, 6) is -0.906. The molecular weight excluding hydrogens is 371 g/mol. The maximum atomic E-state index is 12.1. The van der Waals surface area contributed by atoms with E-state index in [0.717, 1.165) is 24.3 Å². The number of rotatable bonds is 5. The lowest BCUT2D eigenvalue weighted by molar-refractivity contribution is -0.274. The van der Waals surface area contributed by atoms with Crippen LogP contribution < -0.4 is 19.5 Å². The first-order chi connectivity index (χ1) is 12.8. The summed E-state index contributed by atoms with van der Waals surface area (Å²) < 4.78 is 55.1. The van der Waals surface area contributed by atoms with E-state index in [1.807, 2.05) is 0 Å². The minimum atomic E-state index is -4.82. The summed E-state index contributed by atoms with van der Waals surface area (Å²) in [6.45, 7) is -0.481. The minimum absolute atomic E-state index is 0.0274. The first kappa shape index (κ1) is 18.4. The van der Waals surface area contributed by atoms with Crippen LogP contribution in [0.2, 0.25) is 0 Å². The molecule has 0 spiro atoms. The molecule has 1 heterocycles. The Morgan fingerprint density at radius 2 is 1.74 bits per heavy atom. The number of carbonyl (C=O) groups is 2. The summed E-state index contributed by atoms with van der Waals surface area (Å²) in [6.07, 6.45) is -4.82. The third kappa shape index (κ3) is 5.03. The molecule has 27 heavy (non-hydrogen) atoms. The minimum Gasteiger partial charge on any atom is -0.454 e. The van der Waals surface area contributed by atoms with Gasteiger partial charge in [0.2, 0.25) is 6.79 Å². The van der Waals surface area contributed by atoms with Gasteiger partial charge in [-0.1, -0.05) is 0 Å². The van der Waals surface area contributed by atoms with Gasteiger partial charge in [0.1, 0.15) is 5.75 Å². The third-order valence-corrected chi connectivity index (χ3v) is 3.31. The number of hydrogen-bond acceptors (Lipinski definition) is 6. The van der Waals surface area contributed by atoms with Crippen LogP contribution in [0.3, 0.4) is 0 Å². The van der Waals surface area contributed by atoms with Crippen molar-refractivity contribution in [2.45, 2.75) is 6.36 Å². The van der Waals surface area contributed by atoms with Gasteiger partial charge >= 0.3 is 12.3 Å². The van der Waals surface area contributed by atoms with Crippen LogP contribution in [0.15, 0.2) is 42.5 Å². The first-order valence-electron chi connectivity index (χ1n) is 7.52. The van der Waals surface area contributed by atoms with Crippen LogP contribution >= 0.6 is 0 Å². The number of alkyl halides is 3. The molecule has 0 atom stereocenters. The molecule has 1 aliphatic rings. The van der Waals surface area contributed by atoms with Crippen LogP contribution in [0, 0.1) is 0 Å². The number of fused-ring (bicyclic) bond motifs is 1. The molecule has 2 aromatic carbocycles. The van der Waals surface area contributed by atoms with Gasteiger partial charge in [0.05, 0.1) is 5.56 Å². The molecule has 0 saturated heterocycles. The summed E-state index contributed by atoms with van der Waals surface area (Å²) in [5, 5.41) is 2.52. The van der Waals surface area contributed by atoms with E-state index in [0.29, 0.717) is 17.2 Å². The Bertz CT molecular complexity index is 851. The van der Waals surface area contributed by atoms with Crippen molar-refractivity contribution in [3.8, 4) is 17.2 Å². The largest absolute Gasteiger partial charge is 0.573 e. The van der Waals surface area contributed by atoms with E-state index in [1.165, 1.54) is 0 Å². The zero-order chi connectivity index (χ0) is 19.4. The smallest absolute Gasteiger partial charge is 0.454 e. The Balaban J connectivity index is 1.50. The number of halogens is 3. The monoisotopic (exact) mass is 383 g/mol. The van der Waals surface area contributed by atoms with Crippen molar-refractivity contribution >= 4 is 17.6 Å². The average Bonchev–Trinajstić information content (AvgIpc) is 3.06. The van der Waals surface area contributed by atoms with Gasteiger partial charge < -0.3 is 24.3 Å². The van der Waals surface area contributed by atoms with Gasteiger partial charge in [-0.05, 0) is 36.4 Å². The maximum absolute atomic E-state index is 12.1. The number of esters is 1. The van der Waals surface area contributed by atoms with Gasteiger partial charge in [-0.25, -0.2) is 4.79 Å². The molecule has 1 aliphatic heterocycles. The summed E-state index contributed by atoms with van der Waals surface area (Å²) in [7, 11) is 0. The van der Waals surface area contributed by atoms with Crippen LogP contribution in [-0.2, 0) is 9.53 Å². The predicted molar refractivity (Wildman–Crippen MR) is 84.6 cm³/mol. The SMILES string of the molecule is O=C(COC(=O)c1ccc(OC(F)(F)F)cc1)Nc1ccc2c(c1)OCO2. The average molecular weight is 383 g/mol. The molecule has 0 bridgehead atoms. The molecule has 0 radical (unpaired) electrons. The lowest BCUT2D eigenvalue weighted by Crippen LogP contribution is -2.21. The highest BCUT2D eigenvalue weighted by Crippen LogP contribution is 2.34. The Labute approximate surface area is 150 Å². The van der Waals surface area contributed by atoms with Crippen LogP contribution in [0.5, 0.6) is 17.2 Å². The number of hydrogen-bond donors (Lipinski definition) is 1. The second-order valence-corrected chi connectivity index (χ2v) is 5.26. The highest BCUT2D eigenvalue weighted by molar-refractivity contribution is 5.95. The van der Waals surface area contributed by atoms with E-state index in [4.69, 9.17) is 14.2 Å². The fourth-order valence-electron chi connectivity index (χ4n) is 2.18. The predicted octanol–water partition coefficient (Wildman–Crippen LogP) is 3.11. The topological polar surface area (TPSA) is 83.1 Å². The second kappa shape index (κ2) is 7.44. The molecule has 2 aromatic rings. The maximum Gasteiger partial charge on any atom is 0.573 e. The number of ether oxygens (including phenoxy) is 4. The quantitative estimate of drug-likeness (QED) is 0.799. The molecule has 1 amide bonds. The molecule has 142 valence electrons.